The van der Waals surface area contributed by atoms with Crippen molar-refractivity contribution in [2.45, 2.75) is 4.90 Å². The van der Waals surface area contributed by atoms with E-state index in [1.807, 2.05) is 0 Å². The van der Waals surface area contributed by atoms with Gasteiger partial charge >= 0.3 is 10.1 Å². The first kappa shape index (κ1) is 17.5. The highest BCUT2D eigenvalue weighted by molar-refractivity contribution is 7.87. The Bertz CT molecular complexity index is 1200. The van der Waals surface area contributed by atoms with Crippen LogP contribution >= 0.6 is 11.6 Å². The maximum atomic E-state index is 12.7. The number of ketones is 2. The molecule has 1 aliphatic rings. The first-order valence-corrected chi connectivity index (χ1v) is 9.68. The molecule has 0 N–H and O–H groups in total. The summed E-state index contributed by atoms with van der Waals surface area (Å²) in [5.41, 5.74) is 0.773. The molecule has 0 bridgehead atoms. The van der Waals surface area contributed by atoms with E-state index in [0.29, 0.717) is 10.6 Å². The minimum absolute atomic E-state index is 0.0412. The molecule has 27 heavy (non-hydrogen) atoms. The molecule has 0 saturated heterocycles. The van der Waals surface area contributed by atoms with E-state index in [1.54, 1.807) is 24.3 Å². The van der Waals surface area contributed by atoms with Crippen molar-refractivity contribution in [1.82, 2.24) is 0 Å². The van der Waals surface area contributed by atoms with Crippen LogP contribution in [-0.2, 0) is 10.1 Å². The predicted molar refractivity (Wildman–Crippen MR) is 99.0 cm³/mol. The molecule has 5 nitrogen and oxygen atoms in total. The molecule has 0 aromatic heterocycles. The summed E-state index contributed by atoms with van der Waals surface area (Å²) >= 11 is 5.78. The molecule has 3 aromatic rings. The van der Waals surface area contributed by atoms with Crippen molar-refractivity contribution in [2.75, 3.05) is 0 Å². The molecule has 3 aromatic carbocycles. The summed E-state index contributed by atoms with van der Waals surface area (Å²) in [6.45, 7) is 0. The van der Waals surface area contributed by atoms with Crippen LogP contribution in [0.25, 0.3) is 0 Å². The molecule has 0 spiro atoms. The monoisotopic (exact) mass is 398 g/mol. The van der Waals surface area contributed by atoms with Crippen LogP contribution in [0.3, 0.4) is 0 Å². The van der Waals surface area contributed by atoms with Crippen LogP contribution in [0.5, 0.6) is 5.75 Å². The minimum Gasteiger partial charge on any atom is -0.379 e. The molecule has 0 unspecified atom stereocenters. The second kappa shape index (κ2) is 6.33. The van der Waals surface area contributed by atoms with Crippen molar-refractivity contribution in [2.24, 2.45) is 0 Å². The molecule has 134 valence electrons. The molecule has 0 amide bonds. The van der Waals surface area contributed by atoms with Crippen molar-refractivity contribution < 1.29 is 22.2 Å². The first-order chi connectivity index (χ1) is 12.9. The fourth-order valence-electron chi connectivity index (χ4n) is 2.90. The van der Waals surface area contributed by atoms with Gasteiger partial charge in [-0.1, -0.05) is 35.9 Å². The Morgan fingerprint density at radius 1 is 0.704 bits per heavy atom. The highest BCUT2D eigenvalue weighted by Gasteiger charge is 2.31. The summed E-state index contributed by atoms with van der Waals surface area (Å²) < 4.78 is 30.2. The number of hydrogen-bond acceptors (Lipinski definition) is 5. The number of benzene rings is 3. The largest absolute Gasteiger partial charge is 0.379 e. The van der Waals surface area contributed by atoms with Gasteiger partial charge in [0, 0.05) is 27.3 Å². The lowest BCUT2D eigenvalue weighted by atomic mass is 9.84. The van der Waals surface area contributed by atoms with Crippen LogP contribution in [-0.4, -0.2) is 20.0 Å². The fourth-order valence-corrected chi connectivity index (χ4v) is 3.98. The second-order valence-corrected chi connectivity index (χ2v) is 7.89. The van der Waals surface area contributed by atoms with Crippen molar-refractivity contribution in [3.05, 3.63) is 94.0 Å². The lowest BCUT2D eigenvalue weighted by molar-refractivity contribution is 0.0979. The van der Waals surface area contributed by atoms with Gasteiger partial charge in [-0.3, -0.25) is 9.59 Å². The van der Waals surface area contributed by atoms with Crippen LogP contribution in [0.4, 0.5) is 0 Å². The first-order valence-electron chi connectivity index (χ1n) is 7.89. The van der Waals surface area contributed by atoms with E-state index in [4.69, 9.17) is 15.8 Å². The van der Waals surface area contributed by atoms with Gasteiger partial charge in [0.2, 0.25) is 0 Å². The van der Waals surface area contributed by atoms with Crippen LogP contribution in [0.15, 0.2) is 71.6 Å². The normalized spacial score (nSPS) is 13.1. The lowest BCUT2D eigenvalue weighted by Gasteiger charge is -2.18. The molecule has 0 radical (unpaired) electrons. The van der Waals surface area contributed by atoms with Crippen LogP contribution in [0.2, 0.25) is 5.02 Å². The number of carbonyl (C=O) groups excluding carboxylic acids is 2. The molecule has 7 heteroatoms. The van der Waals surface area contributed by atoms with E-state index in [2.05, 4.69) is 0 Å². The molecular weight excluding hydrogens is 388 g/mol. The van der Waals surface area contributed by atoms with Crippen LogP contribution in [0, 0.1) is 0 Å². The summed E-state index contributed by atoms with van der Waals surface area (Å²) in [4.78, 5) is 25.1. The third-order valence-corrected chi connectivity index (χ3v) is 5.70. The summed E-state index contributed by atoms with van der Waals surface area (Å²) in [6, 6.07) is 16.1. The third kappa shape index (κ3) is 3.03. The van der Waals surface area contributed by atoms with Gasteiger partial charge in [-0.15, -0.1) is 0 Å². The Hall–Kier alpha value is -2.96. The van der Waals surface area contributed by atoms with Crippen molar-refractivity contribution in [1.29, 1.82) is 0 Å². The summed E-state index contributed by atoms with van der Waals surface area (Å²) in [5, 5.41) is 0.441. The topological polar surface area (TPSA) is 77.5 Å². The average Bonchev–Trinajstić information content (AvgIpc) is 2.67. The van der Waals surface area contributed by atoms with Crippen molar-refractivity contribution >= 4 is 33.3 Å². The summed E-state index contributed by atoms with van der Waals surface area (Å²) in [7, 11) is -4.18. The zero-order valence-corrected chi connectivity index (χ0v) is 15.3. The van der Waals surface area contributed by atoms with Gasteiger partial charge in [-0.2, -0.15) is 8.42 Å². The van der Waals surface area contributed by atoms with Gasteiger partial charge in [-0.25, -0.2) is 0 Å². The second-order valence-electron chi connectivity index (χ2n) is 5.90. The van der Waals surface area contributed by atoms with Crippen LogP contribution < -0.4 is 4.18 Å². The molecular formula is C20H11ClO5S. The molecule has 0 heterocycles. The van der Waals surface area contributed by atoms with E-state index in [0.717, 1.165) is 0 Å². The smallest absolute Gasteiger partial charge is 0.339 e. The fraction of sp³-hybridized carbons (Fsp3) is 0. The van der Waals surface area contributed by atoms with Gasteiger partial charge in [0.1, 0.15) is 10.6 Å². The standard InChI is InChI=1S/C20H11ClO5S/c21-12-5-7-13(8-6-12)26-27(24,25)14-9-10-17-18(11-14)20(23)16-4-2-1-3-15(16)19(17)22/h1-11H. The maximum absolute atomic E-state index is 12.7. The van der Waals surface area contributed by atoms with E-state index in [-0.39, 0.29) is 33.1 Å². The molecule has 0 atom stereocenters. The highest BCUT2D eigenvalue weighted by Crippen LogP contribution is 2.30. The van der Waals surface area contributed by atoms with Crippen molar-refractivity contribution in [3.63, 3.8) is 0 Å². The zero-order chi connectivity index (χ0) is 19.2. The number of carbonyl (C=O) groups is 2. The van der Waals surface area contributed by atoms with E-state index < -0.39 is 15.9 Å². The minimum atomic E-state index is -4.18. The van der Waals surface area contributed by atoms with Gasteiger partial charge in [0.05, 0.1) is 0 Å². The molecule has 4 rings (SSSR count). The van der Waals surface area contributed by atoms with Gasteiger partial charge < -0.3 is 4.18 Å². The number of rotatable bonds is 3. The Balaban J connectivity index is 1.75. The predicted octanol–water partition coefficient (Wildman–Crippen LogP) is 3.88. The molecule has 0 fully saturated rings. The van der Waals surface area contributed by atoms with E-state index in [1.165, 1.54) is 42.5 Å². The lowest BCUT2D eigenvalue weighted by Crippen LogP contribution is -2.21. The van der Waals surface area contributed by atoms with Gasteiger partial charge in [-0.05, 0) is 42.5 Å². The zero-order valence-electron chi connectivity index (χ0n) is 13.7. The summed E-state index contributed by atoms with van der Waals surface area (Å²) in [6.07, 6.45) is 0. The number of halogens is 1. The quantitative estimate of drug-likeness (QED) is 0.489. The van der Waals surface area contributed by atoms with Crippen molar-refractivity contribution in [3.8, 4) is 5.75 Å². The molecule has 0 aliphatic heterocycles. The maximum Gasteiger partial charge on any atom is 0.339 e. The van der Waals surface area contributed by atoms with Gasteiger partial charge in [0.25, 0.3) is 0 Å². The highest BCUT2D eigenvalue weighted by atomic mass is 35.5. The Morgan fingerprint density at radius 2 is 1.26 bits per heavy atom. The average molecular weight is 399 g/mol. The summed E-state index contributed by atoms with van der Waals surface area (Å²) in [5.74, 6) is -0.628. The number of fused-ring (bicyclic) bond motifs is 2. The number of hydrogen-bond donors (Lipinski definition) is 0. The Morgan fingerprint density at radius 3 is 1.89 bits per heavy atom. The van der Waals surface area contributed by atoms with E-state index >= 15 is 0 Å². The Kier molecular flexibility index (Phi) is 4.09. The molecule has 0 saturated carbocycles. The SMILES string of the molecule is O=C1c2ccccc2C(=O)c2cc(S(=O)(=O)Oc3ccc(Cl)cc3)ccc21. The van der Waals surface area contributed by atoms with Crippen LogP contribution in [0.1, 0.15) is 31.8 Å². The van der Waals surface area contributed by atoms with Gasteiger partial charge in [0.15, 0.2) is 11.6 Å². The Labute approximate surface area is 160 Å². The third-order valence-electron chi connectivity index (χ3n) is 4.20. The molecule has 1 aliphatic carbocycles. The van der Waals surface area contributed by atoms with E-state index in [9.17, 15) is 18.0 Å².